The maximum Gasteiger partial charge on any atom is 0.331 e. The summed E-state index contributed by atoms with van der Waals surface area (Å²) >= 11 is 0. The highest BCUT2D eigenvalue weighted by Crippen LogP contribution is 2.28. The van der Waals surface area contributed by atoms with Crippen molar-refractivity contribution in [1.29, 1.82) is 0 Å². The number of benzene rings is 1. The highest BCUT2D eigenvalue weighted by atomic mass is 16.7. The third-order valence-corrected chi connectivity index (χ3v) is 4.65. The van der Waals surface area contributed by atoms with Gasteiger partial charge < -0.3 is 29.0 Å². The van der Waals surface area contributed by atoms with Crippen LogP contribution < -0.4 is 5.32 Å². The van der Waals surface area contributed by atoms with Gasteiger partial charge in [0.2, 0.25) is 5.91 Å². The molecule has 0 bridgehead atoms. The van der Waals surface area contributed by atoms with Crippen LogP contribution in [0.25, 0.3) is 6.08 Å². The van der Waals surface area contributed by atoms with Gasteiger partial charge in [-0.2, -0.15) is 0 Å². The molecule has 5 atom stereocenters. The highest BCUT2D eigenvalue weighted by Gasteiger charge is 2.49. The van der Waals surface area contributed by atoms with Crippen LogP contribution in [0.15, 0.2) is 36.4 Å². The molecule has 1 aliphatic rings. The van der Waals surface area contributed by atoms with E-state index < -0.39 is 36.7 Å². The Bertz CT molecular complexity index is 679. The zero-order valence-corrected chi connectivity index (χ0v) is 17.2. The molecule has 0 aromatic heterocycles. The molecular weight excluding hydrogens is 378 g/mol. The van der Waals surface area contributed by atoms with E-state index >= 15 is 0 Å². The average Bonchev–Trinajstić information content (AvgIpc) is 2.76. The van der Waals surface area contributed by atoms with E-state index in [-0.39, 0.29) is 12.5 Å². The van der Waals surface area contributed by atoms with Crippen molar-refractivity contribution in [3.05, 3.63) is 42.0 Å². The van der Waals surface area contributed by atoms with Crippen LogP contribution >= 0.6 is 0 Å². The number of esters is 1. The standard InChI is InChI=1S/C21H29NO7/c1-5-16(23)22-13-15-18(19(25-2)20(26-3)21(27-4)28-15)29-17(24)12-11-14-9-7-6-8-10-14/h6-12,15,18-21H,5,13H2,1-4H3,(H,22,23)/b12-11+/t15-,18-,19+,20-,21+/m1/s1. The van der Waals surface area contributed by atoms with Gasteiger partial charge in [-0.25, -0.2) is 4.79 Å². The summed E-state index contributed by atoms with van der Waals surface area (Å²) in [4.78, 5) is 24.1. The number of amides is 1. The average molecular weight is 407 g/mol. The summed E-state index contributed by atoms with van der Waals surface area (Å²) in [6.45, 7) is 1.89. The Morgan fingerprint density at radius 1 is 1.03 bits per heavy atom. The summed E-state index contributed by atoms with van der Waals surface area (Å²) < 4.78 is 27.9. The topological polar surface area (TPSA) is 92.3 Å². The minimum atomic E-state index is -0.804. The summed E-state index contributed by atoms with van der Waals surface area (Å²) in [5.74, 6) is -0.693. The Labute approximate surface area is 171 Å². The first-order chi connectivity index (χ1) is 14.0. The monoisotopic (exact) mass is 407 g/mol. The van der Waals surface area contributed by atoms with E-state index in [4.69, 9.17) is 23.7 Å². The van der Waals surface area contributed by atoms with Gasteiger partial charge in [0.05, 0.1) is 0 Å². The summed E-state index contributed by atoms with van der Waals surface area (Å²) in [5.41, 5.74) is 0.869. The van der Waals surface area contributed by atoms with E-state index in [1.165, 1.54) is 27.4 Å². The smallest absolute Gasteiger partial charge is 0.331 e. The predicted octanol–water partition coefficient (Wildman–Crippen LogP) is 1.54. The summed E-state index contributed by atoms with van der Waals surface area (Å²) in [6.07, 6.45) is -0.124. The molecule has 1 fully saturated rings. The van der Waals surface area contributed by atoms with Crippen LogP contribution in [0, 0.1) is 0 Å². The molecule has 0 spiro atoms. The van der Waals surface area contributed by atoms with E-state index in [1.807, 2.05) is 30.3 Å². The molecule has 2 rings (SSSR count). The number of nitrogens with one attached hydrogen (secondary N) is 1. The van der Waals surface area contributed by atoms with Crippen molar-refractivity contribution in [1.82, 2.24) is 5.32 Å². The maximum absolute atomic E-state index is 12.5. The number of carbonyl (C=O) groups excluding carboxylic acids is 2. The van der Waals surface area contributed by atoms with Crippen molar-refractivity contribution < 1.29 is 33.3 Å². The number of ether oxygens (including phenoxy) is 5. The van der Waals surface area contributed by atoms with Crippen molar-refractivity contribution in [3.63, 3.8) is 0 Å². The molecular formula is C21H29NO7. The third-order valence-electron chi connectivity index (χ3n) is 4.65. The van der Waals surface area contributed by atoms with Crippen molar-refractivity contribution in [2.75, 3.05) is 27.9 Å². The number of hydrogen-bond acceptors (Lipinski definition) is 7. The van der Waals surface area contributed by atoms with E-state index in [1.54, 1.807) is 13.0 Å². The van der Waals surface area contributed by atoms with Gasteiger partial charge in [0, 0.05) is 40.4 Å². The molecule has 1 aromatic rings. The number of methoxy groups -OCH3 is 3. The summed E-state index contributed by atoms with van der Waals surface area (Å²) in [5, 5.41) is 2.76. The largest absolute Gasteiger partial charge is 0.453 e. The SMILES string of the molecule is CCC(=O)NC[C@H]1O[C@H](OC)[C@H](OC)[C@@H](OC)[C@@H]1OC(=O)/C=C/c1ccccc1. The van der Waals surface area contributed by atoms with Gasteiger partial charge >= 0.3 is 5.97 Å². The predicted molar refractivity (Wildman–Crippen MR) is 106 cm³/mol. The molecule has 8 nitrogen and oxygen atoms in total. The Hall–Kier alpha value is -2.26. The lowest BCUT2D eigenvalue weighted by Crippen LogP contribution is -2.62. The number of rotatable bonds is 9. The van der Waals surface area contributed by atoms with Gasteiger partial charge in [-0.05, 0) is 11.6 Å². The fourth-order valence-corrected chi connectivity index (χ4v) is 3.13. The molecule has 0 saturated carbocycles. The fourth-order valence-electron chi connectivity index (χ4n) is 3.13. The van der Waals surface area contributed by atoms with Crippen molar-refractivity contribution in [2.45, 2.75) is 44.1 Å². The van der Waals surface area contributed by atoms with Crippen LogP contribution in [-0.4, -0.2) is 70.5 Å². The van der Waals surface area contributed by atoms with Gasteiger partial charge in [-0.3, -0.25) is 4.79 Å². The molecule has 1 aromatic carbocycles. The molecule has 1 saturated heterocycles. The van der Waals surface area contributed by atoms with Crippen LogP contribution in [0.1, 0.15) is 18.9 Å². The van der Waals surface area contributed by atoms with Crippen LogP contribution in [0.5, 0.6) is 0 Å². The second kappa shape index (κ2) is 11.7. The van der Waals surface area contributed by atoms with E-state index in [9.17, 15) is 9.59 Å². The van der Waals surface area contributed by atoms with Gasteiger partial charge in [0.1, 0.15) is 18.3 Å². The number of carbonyl (C=O) groups is 2. The van der Waals surface area contributed by atoms with Crippen LogP contribution in [0.3, 0.4) is 0 Å². The second-order valence-electron chi connectivity index (χ2n) is 6.48. The molecule has 160 valence electrons. The van der Waals surface area contributed by atoms with Crippen LogP contribution in [0.2, 0.25) is 0 Å². The molecule has 1 heterocycles. The minimum Gasteiger partial charge on any atom is -0.453 e. The molecule has 0 radical (unpaired) electrons. The second-order valence-corrected chi connectivity index (χ2v) is 6.48. The zero-order chi connectivity index (χ0) is 21.2. The molecule has 1 aliphatic heterocycles. The lowest BCUT2D eigenvalue weighted by Gasteiger charge is -2.44. The van der Waals surface area contributed by atoms with E-state index in [0.29, 0.717) is 6.42 Å². The quantitative estimate of drug-likeness (QED) is 0.490. The number of hydrogen-bond donors (Lipinski definition) is 1. The van der Waals surface area contributed by atoms with Crippen LogP contribution in [0.4, 0.5) is 0 Å². The Morgan fingerprint density at radius 3 is 2.31 bits per heavy atom. The lowest BCUT2D eigenvalue weighted by atomic mass is 9.97. The van der Waals surface area contributed by atoms with E-state index in [2.05, 4.69) is 5.32 Å². The molecule has 29 heavy (non-hydrogen) atoms. The first-order valence-corrected chi connectivity index (χ1v) is 9.48. The summed E-state index contributed by atoms with van der Waals surface area (Å²) in [6, 6.07) is 9.39. The molecule has 0 aliphatic carbocycles. The third kappa shape index (κ3) is 6.37. The van der Waals surface area contributed by atoms with Gasteiger partial charge in [-0.15, -0.1) is 0 Å². The molecule has 0 unspecified atom stereocenters. The highest BCUT2D eigenvalue weighted by molar-refractivity contribution is 5.87. The Kier molecular flexibility index (Phi) is 9.27. The van der Waals surface area contributed by atoms with Gasteiger partial charge in [-0.1, -0.05) is 37.3 Å². The van der Waals surface area contributed by atoms with Crippen molar-refractivity contribution in [3.8, 4) is 0 Å². The fraction of sp³-hybridized carbons (Fsp3) is 0.524. The van der Waals surface area contributed by atoms with Crippen molar-refractivity contribution in [2.24, 2.45) is 0 Å². The normalized spacial score (nSPS) is 27.0. The maximum atomic E-state index is 12.5. The first-order valence-electron chi connectivity index (χ1n) is 9.48. The van der Waals surface area contributed by atoms with Gasteiger partial charge in [0.25, 0.3) is 0 Å². The Balaban J connectivity index is 2.17. The Morgan fingerprint density at radius 2 is 1.72 bits per heavy atom. The molecule has 1 N–H and O–H groups in total. The van der Waals surface area contributed by atoms with Crippen molar-refractivity contribution >= 4 is 18.0 Å². The molecule has 8 heteroatoms. The molecule has 1 amide bonds. The summed E-state index contributed by atoms with van der Waals surface area (Å²) in [7, 11) is 4.48. The zero-order valence-electron chi connectivity index (χ0n) is 17.2. The van der Waals surface area contributed by atoms with Crippen LogP contribution in [-0.2, 0) is 33.3 Å². The van der Waals surface area contributed by atoms with Gasteiger partial charge in [0.15, 0.2) is 12.4 Å². The minimum absolute atomic E-state index is 0.139. The lowest BCUT2D eigenvalue weighted by molar-refractivity contribution is -0.299. The van der Waals surface area contributed by atoms with E-state index in [0.717, 1.165) is 5.56 Å². The first kappa shape index (κ1) is 23.0.